The van der Waals surface area contributed by atoms with Gasteiger partial charge in [-0.25, -0.2) is 4.79 Å². The molecule has 0 amide bonds. The number of fused-ring (bicyclic) bond motifs is 1. The average molecular weight is 354 g/mol. The summed E-state index contributed by atoms with van der Waals surface area (Å²) < 4.78 is 20.9. The van der Waals surface area contributed by atoms with Crippen molar-refractivity contribution in [2.45, 2.75) is 13.0 Å². The second-order valence-corrected chi connectivity index (χ2v) is 5.65. The Morgan fingerprint density at radius 3 is 2.42 bits per heavy atom. The third-order valence-corrected chi connectivity index (χ3v) is 3.90. The normalized spacial score (nSPS) is 15.2. The van der Waals surface area contributed by atoms with Crippen LogP contribution in [0.5, 0.6) is 17.2 Å². The highest BCUT2D eigenvalue weighted by Gasteiger charge is 2.28. The second kappa shape index (κ2) is 7.31. The summed E-state index contributed by atoms with van der Waals surface area (Å²) in [6.07, 6.45) is 0.906. The van der Waals surface area contributed by atoms with Crippen LogP contribution in [-0.2, 0) is 9.53 Å². The van der Waals surface area contributed by atoms with E-state index in [0.29, 0.717) is 17.1 Å². The van der Waals surface area contributed by atoms with Crippen molar-refractivity contribution in [3.8, 4) is 17.2 Å². The number of Topliss-reactive ketones (excluding diaryl/α,β-unsaturated/α-hetero) is 1. The lowest BCUT2D eigenvalue weighted by molar-refractivity contribution is -0.147. The Labute approximate surface area is 150 Å². The van der Waals surface area contributed by atoms with Crippen LogP contribution in [-0.4, -0.2) is 32.1 Å². The molecule has 0 spiro atoms. The summed E-state index contributed by atoms with van der Waals surface area (Å²) in [6, 6.07) is 12.1. The molecule has 2 aromatic rings. The monoisotopic (exact) mass is 354 g/mol. The van der Waals surface area contributed by atoms with Crippen molar-refractivity contribution < 1.29 is 28.5 Å². The maximum absolute atomic E-state index is 12.5. The molecule has 0 radical (unpaired) electrons. The number of carbonyl (C=O) groups is 2. The SMILES string of the molecule is COC(=O)[C@@H](C)Oc1ccc2c(c1)OC(=Cc1ccc(OC)cc1)C2=O. The fraction of sp³-hybridized carbons (Fsp3) is 0.200. The van der Waals surface area contributed by atoms with Gasteiger partial charge >= 0.3 is 5.97 Å². The molecule has 6 heteroatoms. The minimum Gasteiger partial charge on any atom is -0.497 e. The summed E-state index contributed by atoms with van der Waals surface area (Å²) in [5, 5.41) is 0. The minimum atomic E-state index is -0.760. The van der Waals surface area contributed by atoms with Gasteiger partial charge in [-0.05, 0) is 42.8 Å². The van der Waals surface area contributed by atoms with Gasteiger partial charge in [-0.2, -0.15) is 0 Å². The Morgan fingerprint density at radius 2 is 1.77 bits per heavy atom. The largest absolute Gasteiger partial charge is 0.497 e. The molecule has 1 aliphatic heterocycles. The lowest BCUT2D eigenvalue weighted by atomic mass is 10.1. The van der Waals surface area contributed by atoms with Crippen molar-refractivity contribution in [3.63, 3.8) is 0 Å². The summed E-state index contributed by atoms with van der Waals surface area (Å²) in [5.74, 6) is 1.08. The summed E-state index contributed by atoms with van der Waals surface area (Å²) in [7, 11) is 2.89. The van der Waals surface area contributed by atoms with Crippen LogP contribution < -0.4 is 14.2 Å². The second-order valence-electron chi connectivity index (χ2n) is 5.65. The topological polar surface area (TPSA) is 71.1 Å². The van der Waals surface area contributed by atoms with E-state index in [1.807, 2.05) is 12.1 Å². The first kappa shape index (κ1) is 17.5. The first-order valence-electron chi connectivity index (χ1n) is 7.98. The Hall–Kier alpha value is -3.28. The number of ether oxygens (including phenoxy) is 4. The number of hydrogen-bond donors (Lipinski definition) is 0. The summed E-state index contributed by atoms with van der Waals surface area (Å²) in [4.78, 5) is 23.9. The number of allylic oxidation sites excluding steroid dienone is 1. The van der Waals surface area contributed by atoms with Crippen LogP contribution in [0.1, 0.15) is 22.8 Å². The molecular formula is C20H18O6. The molecule has 0 fully saturated rings. The lowest BCUT2D eigenvalue weighted by Gasteiger charge is -2.12. The highest BCUT2D eigenvalue weighted by atomic mass is 16.6. The molecule has 0 aromatic heterocycles. The molecule has 0 unspecified atom stereocenters. The lowest BCUT2D eigenvalue weighted by Crippen LogP contribution is -2.24. The maximum atomic E-state index is 12.5. The van der Waals surface area contributed by atoms with Crippen molar-refractivity contribution in [2.24, 2.45) is 0 Å². The molecule has 2 aromatic carbocycles. The highest BCUT2D eigenvalue weighted by molar-refractivity contribution is 6.14. The summed E-state index contributed by atoms with van der Waals surface area (Å²) in [6.45, 7) is 1.58. The molecule has 26 heavy (non-hydrogen) atoms. The van der Waals surface area contributed by atoms with Gasteiger partial charge in [0.15, 0.2) is 11.9 Å². The zero-order valence-electron chi connectivity index (χ0n) is 14.6. The molecule has 0 N–H and O–H groups in total. The molecule has 0 saturated heterocycles. The van der Waals surface area contributed by atoms with E-state index in [1.165, 1.54) is 7.11 Å². The van der Waals surface area contributed by atoms with E-state index >= 15 is 0 Å². The highest BCUT2D eigenvalue weighted by Crippen LogP contribution is 2.35. The van der Waals surface area contributed by atoms with Crippen molar-refractivity contribution in [3.05, 3.63) is 59.4 Å². The quantitative estimate of drug-likeness (QED) is 0.606. The molecule has 1 heterocycles. The zero-order valence-corrected chi connectivity index (χ0v) is 14.6. The molecule has 6 nitrogen and oxygen atoms in total. The van der Waals surface area contributed by atoms with Gasteiger partial charge in [-0.15, -0.1) is 0 Å². The van der Waals surface area contributed by atoms with Gasteiger partial charge in [0.05, 0.1) is 19.8 Å². The van der Waals surface area contributed by atoms with Gasteiger partial charge in [0.25, 0.3) is 0 Å². The Balaban J connectivity index is 1.79. The van der Waals surface area contributed by atoms with E-state index in [4.69, 9.17) is 14.2 Å². The molecule has 0 aliphatic carbocycles. The molecular weight excluding hydrogens is 336 g/mol. The van der Waals surface area contributed by atoms with Crippen LogP contribution >= 0.6 is 0 Å². The zero-order chi connectivity index (χ0) is 18.7. The number of methoxy groups -OCH3 is 2. The molecule has 0 bridgehead atoms. The molecule has 3 rings (SSSR count). The smallest absolute Gasteiger partial charge is 0.346 e. The maximum Gasteiger partial charge on any atom is 0.346 e. The molecule has 1 atom stereocenters. The fourth-order valence-corrected chi connectivity index (χ4v) is 2.51. The third kappa shape index (κ3) is 3.54. The van der Waals surface area contributed by atoms with Crippen LogP contribution in [0, 0.1) is 0 Å². The predicted molar refractivity (Wildman–Crippen MR) is 94.5 cm³/mol. The van der Waals surface area contributed by atoms with Crippen molar-refractivity contribution in [2.75, 3.05) is 14.2 Å². The molecule has 134 valence electrons. The van der Waals surface area contributed by atoms with Gasteiger partial charge in [-0.1, -0.05) is 12.1 Å². The van der Waals surface area contributed by atoms with E-state index < -0.39 is 12.1 Å². The third-order valence-electron chi connectivity index (χ3n) is 3.90. The number of rotatable bonds is 5. The number of benzene rings is 2. The number of carbonyl (C=O) groups excluding carboxylic acids is 2. The van der Waals surface area contributed by atoms with E-state index in [1.54, 1.807) is 50.4 Å². The van der Waals surface area contributed by atoms with Crippen LogP contribution in [0.15, 0.2) is 48.2 Å². The van der Waals surface area contributed by atoms with Crippen LogP contribution in [0.3, 0.4) is 0 Å². The summed E-state index contributed by atoms with van der Waals surface area (Å²) in [5.41, 5.74) is 1.26. The fourth-order valence-electron chi connectivity index (χ4n) is 2.51. The van der Waals surface area contributed by atoms with E-state index in [2.05, 4.69) is 4.74 Å². The minimum absolute atomic E-state index is 0.205. The van der Waals surface area contributed by atoms with Gasteiger partial charge in [0, 0.05) is 6.07 Å². The Morgan fingerprint density at radius 1 is 1.08 bits per heavy atom. The van der Waals surface area contributed by atoms with E-state index in [-0.39, 0.29) is 11.5 Å². The van der Waals surface area contributed by atoms with Gasteiger partial charge in [-0.3, -0.25) is 4.79 Å². The number of hydrogen-bond acceptors (Lipinski definition) is 6. The predicted octanol–water partition coefficient (Wildman–Crippen LogP) is 3.25. The number of esters is 1. The standard InChI is InChI=1S/C20H18O6/c1-12(20(22)24-3)25-15-8-9-16-17(11-15)26-18(19(16)21)10-13-4-6-14(23-2)7-5-13/h4-12H,1-3H3/t12-/m1/s1. The Kier molecular flexibility index (Phi) is 4.93. The van der Waals surface area contributed by atoms with Gasteiger partial charge in [0.1, 0.15) is 17.2 Å². The molecule has 0 saturated carbocycles. The van der Waals surface area contributed by atoms with Gasteiger partial charge in [0.2, 0.25) is 5.78 Å². The van der Waals surface area contributed by atoms with E-state index in [9.17, 15) is 9.59 Å². The van der Waals surface area contributed by atoms with E-state index in [0.717, 1.165) is 11.3 Å². The first-order chi connectivity index (χ1) is 12.5. The first-order valence-corrected chi connectivity index (χ1v) is 7.98. The number of ketones is 1. The van der Waals surface area contributed by atoms with Crippen molar-refractivity contribution in [1.29, 1.82) is 0 Å². The summed E-state index contributed by atoms with van der Waals surface area (Å²) >= 11 is 0. The van der Waals surface area contributed by atoms with Crippen LogP contribution in [0.4, 0.5) is 0 Å². The molecule has 1 aliphatic rings. The average Bonchev–Trinajstić information content (AvgIpc) is 2.96. The van der Waals surface area contributed by atoms with Crippen molar-refractivity contribution in [1.82, 2.24) is 0 Å². The van der Waals surface area contributed by atoms with Gasteiger partial charge < -0.3 is 18.9 Å². The van der Waals surface area contributed by atoms with Crippen LogP contribution in [0.2, 0.25) is 0 Å². The Bertz CT molecular complexity index is 866. The van der Waals surface area contributed by atoms with Crippen LogP contribution in [0.25, 0.3) is 6.08 Å². The van der Waals surface area contributed by atoms with Crippen molar-refractivity contribution >= 4 is 17.8 Å².